The van der Waals surface area contributed by atoms with E-state index in [9.17, 15) is 19.2 Å². The van der Waals surface area contributed by atoms with E-state index < -0.39 is 30.5 Å². The summed E-state index contributed by atoms with van der Waals surface area (Å²) in [5.41, 5.74) is 2.25. The molecule has 1 saturated heterocycles. The average Bonchev–Trinajstić information content (AvgIpc) is 3.02. The number of hydrogen-bond donors (Lipinski definition) is 4. The fraction of sp³-hybridized carbons (Fsp3) is 0.529. The largest absolute Gasteiger partial charge is 0.459 e. The van der Waals surface area contributed by atoms with Crippen molar-refractivity contribution in [2.45, 2.75) is 84.6 Å². The smallest absolute Gasteiger partial charge is 0.303 e. The van der Waals surface area contributed by atoms with E-state index in [0.717, 1.165) is 11.1 Å². The molecule has 46 heavy (non-hydrogen) atoms. The summed E-state index contributed by atoms with van der Waals surface area (Å²) >= 11 is 3.73. The molecule has 0 spiro atoms. The van der Waals surface area contributed by atoms with Gasteiger partial charge in [0.25, 0.3) is 0 Å². The molecule has 2 aromatic carbocycles. The fourth-order valence-electron chi connectivity index (χ4n) is 5.59. The number of benzene rings is 2. The van der Waals surface area contributed by atoms with Gasteiger partial charge in [0.15, 0.2) is 6.29 Å². The van der Waals surface area contributed by atoms with Gasteiger partial charge < -0.3 is 29.6 Å². The van der Waals surface area contributed by atoms with Crippen molar-refractivity contribution in [2.75, 3.05) is 19.7 Å². The Morgan fingerprint density at radius 2 is 1.48 bits per heavy atom. The number of carbonyl (C=O) groups is 4. The number of rotatable bonds is 17. The van der Waals surface area contributed by atoms with Gasteiger partial charge in [-0.1, -0.05) is 87.3 Å². The van der Waals surface area contributed by atoms with E-state index >= 15 is 0 Å². The molecular weight excluding hydrogens is 608 g/mol. The molecule has 1 heterocycles. The van der Waals surface area contributed by atoms with Crippen LogP contribution in [-0.2, 0) is 46.5 Å². The van der Waals surface area contributed by atoms with E-state index in [2.05, 4.69) is 57.3 Å². The first-order chi connectivity index (χ1) is 22.0. The first-order valence-corrected chi connectivity index (χ1v) is 16.2. The Hall–Kier alpha value is -3.45. The van der Waals surface area contributed by atoms with Crippen LogP contribution in [0.1, 0.15) is 58.1 Å². The zero-order valence-electron chi connectivity index (χ0n) is 27.1. The Balaban J connectivity index is 1.71. The van der Waals surface area contributed by atoms with E-state index in [1.165, 1.54) is 13.8 Å². The van der Waals surface area contributed by atoms with Crippen molar-refractivity contribution in [3.05, 3.63) is 71.8 Å². The second kappa shape index (κ2) is 19.3. The molecule has 0 bridgehead atoms. The van der Waals surface area contributed by atoms with Gasteiger partial charge in [-0.15, -0.1) is 0 Å². The summed E-state index contributed by atoms with van der Waals surface area (Å²) in [6.07, 6.45) is -1.06. The number of nitrogens with one attached hydrogen (secondary N) is 3. The summed E-state index contributed by atoms with van der Waals surface area (Å²) in [4.78, 5) is 50.4. The van der Waals surface area contributed by atoms with Crippen molar-refractivity contribution in [1.82, 2.24) is 20.3 Å². The van der Waals surface area contributed by atoms with Gasteiger partial charge in [0.05, 0.1) is 18.8 Å². The van der Waals surface area contributed by atoms with Crippen molar-refractivity contribution in [3.8, 4) is 0 Å². The maximum absolute atomic E-state index is 12.5. The van der Waals surface area contributed by atoms with Crippen LogP contribution in [-0.4, -0.2) is 72.8 Å². The van der Waals surface area contributed by atoms with Gasteiger partial charge in [-0.3, -0.25) is 24.1 Å². The van der Waals surface area contributed by atoms with E-state index in [1.54, 1.807) is 0 Å². The number of ether oxygens (including phenoxy) is 3. The minimum atomic E-state index is -0.842. The molecule has 6 unspecified atom stereocenters. The molecule has 0 radical (unpaired) electrons. The number of nitrogens with zero attached hydrogens (tertiary/aromatic N) is 1. The first kappa shape index (κ1) is 37.0. The molecule has 1 aliphatic heterocycles. The molecular formula is C34H48N4O7S. The average molecular weight is 657 g/mol. The molecule has 3 rings (SSSR count). The van der Waals surface area contributed by atoms with Crippen molar-refractivity contribution in [1.29, 1.82) is 0 Å². The Bertz CT molecular complexity index is 1210. The van der Waals surface area contributed by atoms with E-state index in [-0.39, 0.29) is 55.6 Å². The highest BCUT2D eigenvalue weighted by atomic mass is 32.1. The third kappa shape index (κ3) is 12.7. The van der Waals surface area contributed by atoms with Gasteiger partial charge in [0.1, 0.15) is 6.10 Å². The fourth-order valence-corrected chi connectivity index (χ4v) is 5.70. The van der Waals surface area contributed by atoms with Crippen LogP contribution in [0, 0.1) is 11.8 Å². The summed E-state index contributed by atoms with van der Waals surface area (Å²) in [6, 6.07) is 19.7. The molecule has 3 N–H and O–H groups in total. The number of hydrogen-bond acceptors (Lipinski definition) is 9. The van der Waals surface area contributed by atoms with Gasteiger partial charge in [-0.2, -0.15) is 0 Å². The van der Waals surface area contributed by atoms with Gasteiger partial charge in [-0.05, 0) is 29.4 Å². The van der Waals surface area contributed by atoms with Crippen LogP contribution in [0.5, 0.6) is 0 Å². The molecule has 1 aliphatic rings. The quantitative estimate of drug-likeness (QED) is 0.150. The lowest BCUT2D eigenvalue weighted by Gasteiger charge is -2.45. The molecule has 12 heteroatoms. The Morgan fingerprint density at radius 1 is 0.891 bits per heavy atom. The predicted octanol–water partition coefficient (Wildman–Crippen LogP) is 3.39. The lowest BCUT2D eigenvalue weighted by atomic mass is 9.82. The highest BCUT2D eigenvalue weighted by molar-refractivity contribution is 7.78. The summed E-state index contributed by atoms with van der Waals surface area (Å²) < 4.78 is 20.7. The predicted molar refractivity (Wildman–Crippen MR) is 177 cm³/mol. The van der Waals surface area contributed by atoms with E-state index in [1.807, 2.05) is 50.2 Å². The molecule has 11 nitrogen and oxygen atoms in total. The maximum Gasteiger partial charge on any atom is 0.303 e. The molecule has 252 valence electrons. The van der Waals surface area contributed by atoms with E-state index in [4.69, 9.17) is 14.2 Å². The van der Waals surface area contributed by atoms with Crippen LogP contribution in [0.25, 0.3) is 0 Å². The Morgan fingerprint density at radius 3 is 2.02 bits per heavy atom. The van der Waals surface area contributed by atoms with Crippen LogP contribution in [0.2, 0.25) is 0 Å². The molecule has 0 saturated carbocycles. The van der Waals surface area contributed by atoms with Crippen molar-refractivity contribution >= 4 is 36.5 Å². The summed E-state index contributed by atoms with van der Waals surface area (Å²) in [5, 5.41) is 5.87. The third-order valence-corrected chi connectivity index (χ3v) is 8.38. The lowest BCUT2D eigenvalue weighted by Crippen LogP contribution is -2.59. The first-order valence-electron chi connectivity index (χ1n) is 15.8. The van der Waals surface area contributed by atoms with Gasteiger partial charge in [0.2, 0.25) is 17.7 Å². The zero-order chi connectivity index (χ0) is 33.5. The highest BCUT2D eigenvalue weighted by Gasteiger charge is 2.43. The molecule has 2 aromatic rings. The van der Waals surface area contributed by atoms with Crippen molar-refractivity contribution < 1.29 is 33.4 Å². The van der Waals surface area contributed by atoms with Crippen LogP contribution in [0.4, 0.5) is 0 Å². The third-order valence-electron chi connectivity index (χ3n) is 8.13. The molecule has 3 amide bonds. The second-order valence-corrected chi connectivity index (χ2v) is 12.1. The Kier molecular flexibility index (Phi) is 15.5. The molecule has 1 fully saturated rings. The normalized spacial score (nSPS) is 21.7. The number of amides is 3. The molecule has 6 atom stereocenters. The van der Waals surface area contributed by atoms with Crippen molar-refractivity contribution in [3.63, 3.8) is 0 Å². The molecule has 0 aromatic heterocycles. The minimum absolute atomic E-state index is 0.0246. The standard InChI is InChI=1S/C34H48N4O7S/c1-23-24(2)33(36-25(3)39)34(45-30(23)18-35-31(41)16-11-17-32(42)37-46)43-22-29(44-26(4)40)21-38(19-27-12-7-5-8-13-27)20-28-14-9-6-10-15-28/h5-10,12-15,23-24,29-30,33-34,46H,11,16-22H2,1-4H3,(H,35,41)(H,36,39)(H,37,42). The SMILES string of the molecule is CC(=O)NC1C(OCC(CN(Cc2ccccc2)Cc2ccccc2)OC(C)=O)OC(CNC(=O)CCCC(=O)NS)C(C)C1C. The summed E-state index contributed by atoms with van der Waals surface area (Å²) in [7, 11) is 0. The number of esters is 1. The topological polar surface area (TPSA) is 135 Å². The van der Waals surface area contributed by atoms with Crippen LogP contribution >= 0.6 is 12.8 Å². The summed E-state index contributed by atoms with van der Waals surface area (Å²) in [5.74, 6) is -1.15. The highest BCUT2D eigenvalue weighted by Crippen LogP contribution is 2.31. The second-order valence-electron chi connectivity index (χ2n) is 11.9. The number of thiol groups is 1. The summed E-state index contributed by atoms with van der Waals surface area (Å²) in [6.45, 7) is 8.79. The minimum Gasteiger partial charge on any atom is -0.459 e. The molecule has 0 aliphatic carbocycles. The maximum atomic E-state index is 12.5. The zero-order valence-corrected chi connectivity index (χ0v) is 28.0. The van der Waals surface area contributed by atoms with Gasteiger partial charge in [-0.25, -0.2) is 0 Å². The van der Waals surface area contributed by atoms with Crippen molar-refractivity contribution in [2.24, 2.45) is 11.8 Å². The Labute approximate surface area is 277 Å². The lowest BCUT2D eigenvalue weighted by molar-refractivity contribution is -0.242. The van der Waals surface area contributed by atoms with Gasteiger partial charge >= 0.3 is 5.97 Å². The van der Waals surface area contributed by atoms with E-state index in [0.29, 0.717) is 26.1 Å². The van der Waals surface area contributed by atoms with Crippen LogP contribution in [0.3, 0.4) is 0 Å². The van der Waals surface area contributed by atoms with Gasteiger partial charge in [0, 0.05) is 52.9 Å². The van der Waals surface area contributed by atoms with Crippen LogP contribution < -0.4 is 15.4 Å². The van der Waals surface area contributed by atoms with Crippen LogP contribution in [0.15, 0.2) is 60.7 Å². The monoisotopic (exact) mass is 656 g/mol. The number of carbonyl (C=O) groups excluding carboxylic acids is 4.